The number of rotatable bonds is 10. The summed E-state index contributed by atoms with van der Waals surface area (Å²) in [6.45, 7) is 7.27. The molecule has 0 unspecified atom stereocenters. The van der Waals surface area contributed by atoms with E-state index in [1.165, 1.54) is 0 Å². The molecule has 1 atom stereocenters. The highest BCUT2D eigenvalue weighted by Gasteiger charge is 2.29. The van der Waals surface area contributed by atoms with E-state index >= 15 is 0 Å². The summed E-state index contributed by atoms with van der Waals surface area (Å²) in [5.41, 5.74) is 0.226. The summed E-state index contributed by atoms with van der Waals surface area (Å²) in [4.78, 5) is 35.8. The smallest absolute Gasteiger partial charge is 0.463 e. The summed E-state index contributed by atoms with van der Waals surface area (Å²) in [6.07, 6.45) is -1.48. The van der Waals surface area contributed by atoms with Gasteiger partial charge in [0, 0.05) is 5.41 Å². The summed E-state index contributed by atoms with van der Waals surface area (Å²) >= 11 is 1.88. The van der Waals surface area contributed by atoms with Crippen molar-refractivity contribution in [1.29, 1.82) is 0 Å². The molecule has 0 heterocycles. The van der Waals surface area contributed by atoms with Crippen LogP contribution in [0.1, 0.15) is 33.3 Å². The summed E-state index contributed by atoms with van der Waals surface area (Å²) in [5, 5.41) is 2.55. The van der Waals surface area contributed by atoms with E-state index in [0.29, 0.717) is 0 Å². The van der Waals surface area contributed by atoms with E-state index in [0.717, 1.165) is 5.56 Å². The van der Waals surface area contributed by atoms with Crippen LogP contribution in [0.2, 0.25) is 0 Å². The Kier molecular flexibility index (Phi) is 10.8. The third-order valence-electron chi connectivity index (χ3n) is 3.77. The predicted molar refractivity (Wildman–Crippen MR) is 114 cm³/mol. The highest BCUT2D eigenvalue weighted by Crippen LogP contribution is 2.18. The van der Waals surface area contributed by atoms with Crippen molar-refractivity contribution in [2.75, 3.05) is 17.8 Å². The Morgan fingerprint density at radius 2 is 1.62 bits per heavy atom. The summed E-state index contributed by atoms with van der Waals surface area (Å²) < 4.78 is 20.4. The number of benzene rings is 1. The number of hydrogen-bond acceptors (Lipinski definition) is 7. The molecule has 9 heteroatoms. The minimum absolute atomic E-state index is 0.00725. The van der Waals surface area contributed by atoms with Crippen molar-refractivity contribution in [2.24, 2.45) is 11.3 Å². The van der Waals surface area contributed by atoms with E-state index in [1.54, 1.807) is 27.7 Å². The van der Waals surface area contributed by atoms with Gasteiger partial charge in [-0.15, -0.1) is 0 Å². The first-order valence-electron chi connectivity index (χ1n) is 9.14. The first kappa shape index (κ1) is 25.0. The quantitative estimate of drug-likeness (QED) is 0.215. The number of alkyl halides is 1. The zero-order valence-electron chi connectivity index (χ0n) is 17.1. The highest BCUT2D eigenvalue weighted by molar-refractivity contribution is 14.1. The molecule has 0 saturated carbocycles. The van der Waals surface area contributed by atoms with E-state index in [-0.39, 0.29) is 30.4 Å². The summed E-state index contributed by atoms with van der Waals surface area (Å²) in [6, 6.07) is 8.37. The van der Waals surface area contributed by atoms with Gasteiger partial charge in [0.1, 0.15) is 23.9 Å². The van der Waals surface area contributed by atoms with Crippen molar-refractivity contribution in [1.82, 2.24) is 5.32 Å². The molecule has 1 amide bonds. The minimum Gasteiger partial charge on any atom is -0.463 e. The minimum atomic E-state index is -0.862. The molecule has 1 N–H and O–H groups in total. The maximum Gasteiger partial charge on any atom is 0.509 e. The molecule has 1 rings (SSSR count). The van der Waals surface area contributed by atoms with E-state index < -0.39 is 29.7 Å². The van der Waals surface area contributed by atoms with Crippen LogP contribution in [0, 0.1) is 11.3 Å². The first-order chi connectivity index (χ1) is 13.6. The highest BCUT2D eigenvalue weighted by atomic mass is 127. The van der Waals surface area contributed by atoms with Crippen molar-refractivity contribution in [3.05, 3.63) is 35.9 Å². The second kappa shape index (κ2) is 12.5. The molecule has 0 bridgehead atoms. The average molecular weight is 521 g/mol. The van der Waals surface area contributed by atoms with E-state index in [4.69, 9.17) is 14.2 Å². The van der Waals surface area contributed by atoms with Crippen molar-refractivity contribution in [3.63, 3.8) is 0 Å². The zero-order chi connectivity index (χ0) is 21.9. The van der Waals surface area contributed by atoms with Crippen molar-refractivity contribution in [2.45, 2.75) is 40.3 Å². The standard InChI is InChI=1S/C20H28INO7/c1-14(2)16(22-18(24)26-10-15-8-6-5-7-9-15)17(23)27-11-20(3,4)12-28-19(25)29-13-21/h5-9,14,16H,10-13H2,1-4H3,(H,22,24)/t16-/m0/s1. The predicted octanol–water partition coefficient (Wildman–Crippen LogP) is 4.05. The monoisotopic (exact) mass is 521 g/mol. The van der Waals surface area contributed by atoms with Crippen LogP contribution in [-0.2, 0) is 30.3 Å². The van der Waals surface area contributed by atoms with Crippen LogP contribution >= 0.6 is 22.6 Å². The Morgan fingerprint density at radius 1 is 1.00 bits per heavy atom. The number of halogens is 1. The molecule has 29 heavy (non-hydrogen) atoms. The summed E-state index contributed by atoms with van der Waals surface area (Å²) in [7, 11) is 0. The topological polar surface area (TPSA) is 100 Å². The Hall–Kier alpha value is -2.04. The Morgan fingerprint density at radius 3 is 2.21 bits per heavy atom. The zero-order valence-corrected chi connectivity index (χ0v) is 19.3. The van der Waals surface area contributed by atoms with Gasteiger partial charge in [0.2, 0.25) is 0 Å². The summed E-state index contributed by atoms with van der Waals surface area (Å²) in [5.74, 6) is -0.788. The molecule has 1 aromatic carbocycles. The van der Waals surface area contributed by atoms with Crippen LogP contribution in [0.25, 0.3) is 0 Å². The second-order valence-corrected chi connectivity index (χ2v) is 8.11. The molecule has 0 radical (unpaired) electrons. The molecule has 162 valence electrons. The van der Waals surface area contributed by atoms with Crippen molar-refractivity contribution >= 4 is 40.8 Å². The Bertz CT molecular complexity index is 664. The number of hydrogen-bond donors (Lipinski definition) is 1. The maximum absolute atomic E-state index is 12.5. The van der Waals surface area contributed by atoms with Crippen LogP contribution in [0.5, 0.6) is 0 Å². The van der Waals surface area contributed by atoms with Gasteiger partial charge in [-0.2, -0.15) is 0 Å². The largest absolute Gasteiger partial charge is 0.509 e. The molecule has 0 aliphatic rings. The van der Waals surface area contributed by atoms with Crippen molar-refractivity contribution in [3.8, 4) is 0 Å². The van der Waals surface area contributed by atoms with Gasteiger partial charge in [0.05, 0.1) is 6.61 Å². The van der Waals surface area contributed by atoms with E-state index in [1.807, 2.05) is 52.9 Å². The number of carbonyl (C=O) groups is 3. The molecule has 0 saturated heterocycles. The van der Waals surface area contributed by atoms with Gasteiger partial charge in [-0.25, -0.2) is 14.4 Å². The third-order valence-corrected chi connectivity index (χ3v) is 4.08. The molecule has 1 aromatic rings. The lowest BCUT2D eigenvalue weighted by Gasteiger charge is -2.26. The fourth-order valence-corrected chi connectivity index (χ4v) is 2.38. The van der Waals surface area contributed by atoms with E-state index in [2.05, 4.69) is 10.1 Å². The van der Waals surface area contributed by atoms with Gasteiger partial charge >= 0.3 is 18.2 Å². The van der Waals surface area contributed by atoms with Crippen molar-refractivity contribution < 1.29 is 33.3 Å². The van der Waals surface area contributed by atoms with Crippen LogP contribution in [0.15, 0.2) is 30.3 Å². The fourth-order valence-electron chi connectivity index (χ4n) is 2.13. The number of esters is 1. The molecule has 0 fully saturated rings. The lowest BCUT2D eigenvalue weighted by Crippen LogP contribution is -2.46. The molecule has 0 aliphatic heterocycles. The number of ether oxygens (including phenoxy) is 4. The molecule has 0 aliphatic carbocycles. The fraction of sp³-hybridized carbons (Fsp3) is 0.550. The van der Waals surface area contributed by atoms with Crippen LogP contribution in [-0.4, -0.2) is 42.1 Å². The maximum atomic E-state index is 12.5. The molecule has 0 spiro atoms. The number of alkyl carbamates (subject to hydrolysis) is 1. The number of nitrogens with one attached hydrogen (secondary N) is 1. The Labute approximate surface area is 184 Å². The number of amides is 1. The molecule has 0 aromatic heterocycles. The molecule has 8 nitrogen and oxygen atoms in total. The lowest BCUT2D eigenvalue weighted by atomic mass is 9.96. The van der Waals surface area contributed by atoms with E-state index in [9.17, 15) is 14.4 Å². The van der Waals surface area contributed by atoms with Crippen LogP contribution < -0.4 is 5.32 Å². The van der Waals surface area contributed by atoms with Gasteiger partial charge < -0.3 is 24.3 Å². The molecular weight excluding hydrogens is 493 g/mol. The van der Waals surface area contributed by atoms with Crippen LogP contribution in [0.3, 0.4) is 0 Å². The Balaban J connectivity index is 2.50. The van der Waals surface area contributed by atoms with Crippen LogP contribution in [0.4, 0.5) is 9.59 Å². The van der Waals surface area contributed by atoms with Gasteiger partial charge in [-0.1, -0.05) is 58.0 Å². The average Bonchev–Trinajstić information content (AvgIpc) is 2.68. The molecular formula is C20H28INO7. The van der Waals surface area contributed by atoms with Gasteiger partial charge in [-0.3, -0.25) is 0 Å². The SMILES string of the molecule is CC(C)[C@H](NC(=O)OCc1ccccc1)C(=O)OCC(C)(C)COC(=O)OCI. The van der Waals surface area contributed by atoms with Gasteiger partial charge in [0.15, 0.2) is 0 Å². The van der Waals surface area contributed by atoms with Gasteiger partial charge in [0.25, 0.3) is 0 Å². The third kappa shape index (κ3) is 10.3. The number of carbonyl (C=O) groups excluding carboxylic acids is 3. The first-order valence-corrected chi connectivity index (χ1v) is 10.7. The van der Waals surface area contributed by atoms with Gasteiger partial charge in [-0.05, 0) is 34.1 Å². The normalized spacial score (nSPS) is 12.1. The second-order valence-electron chi connectivity index (χ2n) is 7.49. The lowest BCUT2D eigenvalue weighted by molar-refractivity contribution is -0.151.